The van der Waals surface area contributed by atoms with Gasteiger partial charge in [-0.3, -0.25) is 0 Å². The summed E-state index contributed by atoms with van der Waals surface area (Å²) in [6.07, 6.45) is 3.64. The monoisotopic (exact) mass is 367 g/mol. The number of hydrogen-bond donors (Lipinski definition) is 5. The minimum Gasteiger partial charge on any atom is -0.405 e. The number of fused-ring (bicyclic) bond motifs is 1. The second kappa shape index (κ2) is 9.55. The first-order valence-corrected chi connectivity index (χ1v) is 8.98. The van der Waals surface area contributed by atoms with Crippen molar-refractivity contribution in [2.75, 3.05) is 25.9 Å². The Morgan fingerprint density at radius 1 is 1.48 bits per heavy atom. The third kappa shape index (κ3) is 5.69. The molecular formula is C20H29N7. The van der Waals surface area contributed by atoms with Crippen molar-refractivity contribution in [3.05, 3.63) is 54.6 Å². The molecule has 1 unspecified atom stereocenters. The van der Waals surface area contributed by atoms with Crippen LogP contribution in [0.1, 0.15) is 24.1 Å². The van der Waals surface area contributed by atoms with Crippen LogP contribution < -0.4 is 22.1 Å². The van der Waals surface area contributed by atoms with Crippen molar-refractivity contribution >= 4 is 16.6 Å². The molecule has 0 amide bonds. The fourth-order valence-electron chi connectivity index (χ4n) is 3.23. The summed E-state index contributed by atoms with van der Waals surface area (Å²) < 4.78 is 0. The second-order valence-electron chi connectivity index (χ2n) is 6.75. The summed E-state index contributed by atoms with van der Waals surface area (Å²) in [7, 11) is 2.15. The van der Waals surface area contributed by atoms with Crippen molar-refractivity contribution in [2.45, 2.75) is 25.4 Å². The van der Waals surface area contributed by atoms with Gasteiger partial charge in [-0.15, -0.1) is 0 Å². The van der Waals surface area contributed by atoms with Crippen LogP contribution in [0.4, 0.5) is 5.69 Å². The van der Waals surface area contributed by atoms with Crippen LogP contribution in [-0.2, 0) is 6.54 Å². The van der Waals surface area contributed by atoms with Crippen LogP contribution in [0.15, 0.2) is 43.4 Å². The van der Waals surface area contributed by atoms with Crippen molar-refractivity contribution in [2.24, 2.45) is 5.73 Å². The van der Waals surface area contributed by atoms with Crippen LogP contribution in [0.2, 0.25) is 0 Å². The van der Waals surface area contributed by atoms with Gasteiger partial charge in [-0.1, -0.05) is 13.2 Å². The van der Waals surface area contributed by atoms with E-state index in [4.69, 9.17) is 11.0 Å². The van der Waals surface area contributed by atoms with Crippen LogP contribution >= 0.6 is 0 Å². The maximum absolute atomic E-state index is 9.06. The Kier molecular flexibility index (Phi) is 7.15. The Bertz CT molecular complexity index is 831. The predicted molar refractivity (Wildman–Crippen MR) is 111 cm³/mol. The number of nitrogen functional groups attached to an aromatic ring is 1. The van der Waals surface area contributed by atoms with Gasteiger partial charge in [0.1, 0.15) is 6.07 Å². The lowest BCUT2D eigenvalue weighted by atomic mass is 10.1. The maximum Gasteiger partial charge on any atom is 0.101 e. The molecule has 1 aliphatic rings. The summed E-state index contributed by atoms with van der Waals surface area (Å²) >= 11 is 0. The molecule has 1 fully saturated rings. The number of nitrogens with zero attached hydrogens (tertiary/aromatic N) is 2. The summed E-state index contributed by atoms with van der Waals surface area (Å²) in [4.78, 5) is 5.65. The van der Waals surface area contributed by atoms with Crippen molar-refractivity contribution < 1.29 is 0 Å². The lowest BCUT2D eigenvalue weighted by Crippen LogP contribution is -2.45. The average molecular weight is 368 g/mol. The average Bonchev–Trinajstić information content (AvgIpc) is 3.01. The second-order valence-corrected chi connectivity index (χ2v) is 6.75. The zero-order chi connectivity index (χ0) is 19.8. The van der Waals surface area contributed by atoms with Crippen LogP contribution in [0.25, 0.3) is 10.9 Å². The molecular weight excluding hydrogens is 338 g/mol. The van der Waals surface area contributed by atoms with E-state index >= 15 is 0 Å². The van der Waals surface area contributed by atoms with E-state index in [0.29, 0.717) is 23.8 Å². The van der Waals surface area contributed by atoms with E-state index in [1.165, 1.54) is 25.6 Å². The van der Waals surface area contributed by atoms with Gasteiger partial charge in [0.25, 0.3) is 0 Å². The zero-order valence-corrected chi connectivity index (χ0v) is 15.9. The normalized spacial score (nSPS) is 16.7. The van der Waals surface area contributed by atoms with Gasteiger partial charge in [-0.05, 0) is 50.8 Å². The van der Waals surface area contributed by atoms with Crippen LogP contribution in [0.5, 0.6) is 0 Å². The third-order valence-electron chi connectivity index (χ3n) is 4.46. The highest BCUT2D eigenvalue weighted by molar-refractivity contribution is 5.86. The number of benzene rings is 1. The number of rotatable bonds is 5. The van der Waals surface area contributed by atoms with Crippen LogP contribution in [-0.4, -0.2) is 36.1 Å². The molecule has 0 radical (unpaired) electrons. The predicted octanol–water partition coefficient (Wildman–Crippen LogP) is 1.95. The fraction of sp³-hybridized carbons (Fsp3) is 0.350. The summed E-state index contributed by atoms with van der Waals surface area (Å²) in [5.41, 5.74) is 13.4. The number of nitrogens with two attached hydrogens (primary N) is 2. The molecule has 0 bridgehead atoms. The first kappa shape index (κ1) is 20.2. The van der Waals surface area contributed by atoms with Crippen molar-refractivity contribution in [1.29, 1.82) is 5.26 Å². The molecule has 1 saturated heterocycles. The molecule has 3 rings (SSSR count). The molecule has 144 valence electrons. The van der Waals surface area contributed by atoms with Crippen molar-refractivity contribution in [3.63, 3.8) is 0 Å². The van der Waals surface area contributed by atoms with Crippen molar-refractivity contribution in [3.8, 4) is 6.07 Å². The molecule has 2 heterocycles. The van der Waals surface area contributed by atoms with E-state index in [0.717, 1.165) is 29.0 Å². The smallest absolute Gasteiger partial charge is 0.101 e. The number of likely N-dealkylation sites (N-methyl/N-ethyl adjacent to an activating group) is 1. The summed E-state index contributed by atoms with van der Waals surface area (Å²) in [6, 6.07) is 8.22. The number of nitriles is 1. The highest BCUT2D eigenvalue weighted by Gasteiger charge is 2.17. The van der Waals surface area contributed by atoms with Gasteiger partial charge in [0.15, 0.2) is 0 Å². The molecule has 0 spiro atoms. The molecule has 1 aromatic carbocycles. The SMILES string of the molecule is C=C(NCc1cc2cc(N)c(C#N)cc2[nH]1)NC1CCCN(C)C1.C=CN. The van der Waals surface area contributed by atoms with E-state index in [1.54, 1.807) is 6.07 Å². The minimum atomic E-state index is 0.449. The number of aromatic amines is 1. The zero-order valence-electron chi connectivity index (χ0n) is 15.9. The van der Waals surface area contributed by atoms with E-state index in [-0.39, 0.29) is 0 Å². The summed E-state index contributed by atoms with van der Waals surface area (Å²) in [5, 5.41) is 16.8. The minimum absolute atomic E-state index is 0.449. The topological polar surface area (TPSA) is 119 Å². The van der Waals surface area contributed by atoms with Gasteiger partial charge in [0, 0.05) is 29.2 Å². The molecule has 0 saturated carbocycles. The van der Waals surface area contributed by atoms with Gasteiger partial charge in [0.05, 0.1) is 23.6 Å². The van der Waals surface area contributed by atoms with Gasteiger partial charge >= 0.3 is 0 Å². The van der Waals surface area contributed by atoms with Crippen LogP contribution in [0.3, 0.4) is 0 Å². The van der Waals surface area contributed by atoms with E-state index in [1.807, 2.05) is 12.1 Å². The van der Waals surface area contributed by atoms with E-state index in [9.17, 15) is 0 Å². The molecule has 0 aliphatic carbocycles. The molecule has 7 nitrogen and oxygen atoms in total. The van der Waals surface area contributed by atoms with Gasteiger partial charge in [-0.25, -0.2) is 0 Å². The van der Waals surface area contributed by atoms with Gasteiger partial charge < -0.3 is 32.0 Å². The van der Waals surface area contributed by atoms with Gasteiger partial charge in [0.2, 0.25) is 0 Å². The standard InChI is InChI=1S/C18H24N6.C2H5N/c1-12(22-15-4-3-5-24(2)11-15)21-10-16-6-13-7-17(20)14(9-19)8-18(13)23-16;1-2-3/h6-8,15,21-23H,1,3-5,10-11,20H2,2H3;2H,1,3H2. The maximum atomic E-state index is 9.06. The molecule has 1 aliphatic heterocycles. The van der Waals surface area contributed by atoms with Gasteiger partial charge in [-0.2, -0.15) is 5.26 Å². The molecule has 2 aromatic rings. The Labute approximate surface area is 160 Å². The van der Waals surface area contributed by atoms with Crippen LogP contribution in [0, 0.1) is 11.3 Å². The molecule has 27 heavy (non-hydrogen) atoms. The number of hydrogen-bond acceptors (Lipinski definition) is 6. The fourth-order valence-corrected chi connectivity index (χ4v) is 3.23. The number of H-pyrrole nitrogens is 1. The number of likely N-dealkylation sites (tertiary alicyclic amines) is 1. The van der Waals surface area contributed by atoms with Crippen molar-refractivity contribution in [1.82, 2.24) is 20.5 Å². The number of aromatic nitrogens is 1. The number of nitrogens with one attached hydrogen (secondary N) is 3. The first-order chi connectivity index (χ1) is 13.0. The third-order valence-corrected chi connectivity index (χ3v) is 4.46. The number of piperidine rings is 1. The quantitative estimate of drug-likeness (QED) is 0.516. The molecule has 1 atom stereocenters. The highest BCUT2D eigenvalue weighted by atomic mass is 15.2. The Balaban J connectivity index is 0.000000817. The van der Waals surface area contributed by atoms with E-state index < -0.39 is 0 Å². The highest BCUT2D eigenvalue weighted by Crippen LogP contribution is 2.22. The Hall–Kier alpha value is -3.11. The largest absolute Gasteiger partial charge is 0.405 e. The molecule has 1 aromatic heterocycles. The lowest BCUT2D eigenvalue weighted by Gasteiger charge is -2.31. The lowest BCUT2D eigenvalue weighted by molar-refractivity contribution is 0.233. The summed E-state index contributed by atoms with van der Waals surface area (Å²) in [5.74, 6) is 0.839. The van der Waals surface area contributed by atoms with E-state index in [2.05, 4.69) is 52.5 Å². The summed E-state index contributed by atoms with van der Waals surface area (Å²) in [6.45, 7) is 10.1. The molecule has 7 N–H and O–H groups in total. The molecule has 7 heteroatoms. The Morgan fingerprint density at radius 3 is 2.89 bits per heavy atom. The number of anilines is 1. The Morgan fingerprint density at radius 2 is 2.22 bits per heavy atom. The first-order valence-electron chi connectivity index (χ1n) is 8.98.